The Hall–Kier alpha value is -1.84. The molecule has 0 saturated heterocycles. The highest BCUT2D eigenvalue weighted by molar-refractivity contribution is 6.30. The Morgan fingerprint density at radius 2 is 1.77 bits per heavy atom. The third-order valence-electron chi connectivity index (χ3n) is 3.51. The second-order valence-electron chi connectivity index (χ2n) is 5.26. The largest absolute Gasteiger partial charge is 0.352 e. The second kappa shape index (κ2) is 8.57. The zero-order valence-corrected chi connectivity index (χ0v) is 13.5. The smallest absolute Gasteiger partial charge is 0.221 e. The van der Waals surface area contributed by atoms with E-state index in [4.69, 9.17) is 11.6 Å². The first-order chi connectivity index (χ1) is 10.6. The summed E-state index contributed by atoms with van der Waals surface area (Å²) >= 11 is 5.84. The number of carbonyl (C=O) groups excluding carboxylic acids is 1. The van der Waals surface area contributed by atoms with E-state index in [-0.39, 0.29) is 5.91 Å². The highest BCUT2D eigenvalue weighted by Crippen LogP contribution is 2.09. The van der Waals surface area contributed by atoms with E-state index in [1.807, 2.05) is 42.5 Å². The van der Waals surface area contributed by atoms with Crippen molar-refractivity contribution in [3.63, 3.8) is 0 Å². The first kappa shape index (κ1) is 16.5. The van der Waals surface area contributed by atoms with Gasteiger partial charge in [-0.15, -0.1) is 0 Å². The van der Waals surface area contributed by atoms with Gasteiger partial charge in [0.2, 0.25) is 5.91 Å². The minimum absolute atomic E-state index is 0.0619. The van der Waals surface area contributed by atoms with Gasteiger partial charge in [0.15, 0.2) is 0 Å². The second-order valence-corrected chi connectivity index (χ2v) is 5.69. The molecule has 0 unspecified atom stereocenters. The summed E-state index contributed by atoms with van der Waals surface area (Å²) in [7, 11) is 0. The summed E-state index contributed by atoms with van der Waals surface area (Å²) in [4.78, 5) is 11.8. The van der Waals surface area contributed by atoms with Crippen molar-refractivity contribution < 1.29 is 4.79 Å². The molecule has 0 heterocycles. The average Bonchev–Trinajstić information content (AvgIpc) is 2.52. The van der Waals surface area contributed by atoms with Gasteiger partial charge in [-0.05, 0) is 35.7 Å². The van der Waals surface area contributed by atoms with E-state index in [0.717, 1.165) is 22.7 Å². The molecule has 1 amide bonds. The zero-order chi connectivity index (χ0) is 15.8. The molecular weight excluding hydrogens is 296 g/mol. The minimum Gasteiger partial charge on any atom is -0.352 e. The number of hydrogen-bond donors (Lipinski definition) is 2. The summed E-state index contributed by atoms with van der Waals surface area (Å²) in [6.07, 6.45) is 0.472. The molecule has 4 heteroatoms. The Bertz CT molecular complexity index is 611. The number of carbonyl (C=O) groups is 1. The van der Waals surface area contributed by atoms with Crippen LogP contribution in [0.2, 0.25) is 5.02 Å². The quantitative estimate of drug-likeness (QED) is 0.768. The molecular formula is C18H21ClN2O. The standard InChI is InChI=1S/C18H21ClN2O/c1-14-4-2-3-5-16(14)13-21-18(22)10-11-20-12-15-6-8-17(19)9-7-15/h2-9,20H,10-13H2,1H3,(H,21,22). The fraction of sp³-hybridized carbons (Fsp3) is 0.278. The Kier molecular flexibility index (Phi) is 6.44. The molecule has 2 rings (SSSR count). The molecule has 0 atom stereocenters. The number of amides is 1. The van der Waals surface area contributed by atoms with Crippen LogP contribution >= 0.6 is 11.6 Å². The van der Waals surface area contributed by atoms with Crippen LogP contribution in [0.4, 0.5) is 0 Å². The van der Waals surface area contributed by atoms with Crippen molar-refractivity contribution in [2.75, 3.05) is 6.54 Å². The molecule has 0 aliphatic rings. The highest BCUT2D eigenvalue weighted by Gasteiger charge is 2.02. The summed E-state index contributed by atoms with van der Waals surface area (Å²) in [5.74, 6) is 0.0619. The highest BCUT2D eigenvalue weighted by atomic mass is 35.5. The molecule has 0 aromatic heterocycles. The summed E-state index contributed by atoms with van der Waals surface area (Å²) < 4.78 is 0. The third kappa shape index (κ3) is 5.51. The lowest BCUT2D eigenvalue weighted by molar-refractivity contribution is -0.121. The van der Waals surface area contributed by atoms with Gasteiger partial charge in [0.05, 0.1) is 0 Å². The van der Waals surface area contributed by atoms with Crippen LogP contribution in [0.15, 0.2) is 48.5 Å². The number of benzene rings is 2. The van der Waals surface area contributed by atoms with Gasteiger partial charge in [0.25, 0.3) is 0 Å². The van der Waals surface area contributed by atoms with Crippen molar-refractivity contribution in [3.05, 3.63) is 70.2 Å². The monoisotopic (exact) mass is 316 g/mol. The Balaban J connectivity index is 1.64. The first-order valence-corrected chi connectivity index (χ1v) is 7.79. The van der Waals surface area contributed by atoms with Crippen LogP contribution < -0.4 is 10.6 Å². The van der Waals surface area contributed by atoms with Gasteiger partial charge >= 0.3 is 0 Å². The van der Waals surface area contributed by atoms with Gasteiger partial charge in [0.1, 0.15) is 0 Å². The summed E-state index contributed by atoms with van der Waals surface area (Å²) in [6.45, 7) is 4.03. The number of halogens is 1. The molecule has 0 radical (unpaired) electrons. The molecule has 0 saturated carbocycles. The van der Waals surface area contributed by atoms with Gasteiger partial charge in [0, 0.05) is 31.1 Å². The van der Waals surface area contributed by atoms with Crippen LogP contribution in [0.5, 0.6) is 0 Å². The normalized spacial score (nSPS) is 10.5. The zero-order valence-electron chi connectivity index (χ0n) is 12.7. The van der Waals surface area contributed by atoms with Crippen molar-refractivity contribution in [2.24, 2.45) is 0 Å². The molecule has 2 N–H and O–H groups in total. The lowest BCUT2D eigenvalue weighted by atomic mass is 10.1. The fourth-order valence-electron chi connectivity index (χ4n) is 2.13. The predicted molar refractivity (Wildman–Crippen MR) is 90.8 cm³/mol. The minimum atomic E-state index is 0.0619. The van der Waals surface area contributed by atoms with E-state index in [1.54, 1.807) is 0 Å². The fourth-order valence-corrected chi connectivity index (χ4v) is 2.25. The molecule has 0 aliphatic heterocycles. The van der Waals surface area contributed by atoms with Gasteiger partial charge in [-0.3, -0.25) is 4.79 Å². The van der Waals surface area contributed by atoms with Crippen molar-refractivity contribution in [1.29, 1.82) is 0 Å². The molecule has 0 aliphatic carbocycles. The molecule has 0 fully saturated rings. The Morgan fingerprint density at radius 1 is 1.05 bits per heavy atom. The van der Waals surface area contributed by atoms with Crippen LogP contribution in [-0.4, -0.2) is 12.5 Å². The predicted octanol–water partition coefficient (Wildman–Crippen LogP) is 3.44. The maximum absolute atomic E-state index is 11.8. The lowest BCUT2D eigenvalue weighted by Crippen LogP contribution is -2.27. The van der Waals surface area contributed by atoms with Crippen LogP contribution in [0.25, 0.3) is 0 Å². The maximum atomic E-state index is 11.8. The van der Waals surface area contributed by atoms with E-state index in [1.165, 1.54) is 5.56 Å². The molecule has 0 bridgehead atoms. The molecule has 2 aromatic rings. The van der Waals surface area contributed by atoms with Gasteiger partial charge in [-0.25, -0.2) is 0 Å². The summed E-state index contributed by atoms with van der Waals surface area (Å²) in [5.41, 5.74) is 3.51. The van der Waals surface area contributed by atoms with Crippen molar-refractivity contribution in [1.82, 2.24) is 10.6 Å². The maximum Gasteiger partial charge on any atom is 0.221 e. The number of rotatable bonds is 7. The molecule has 22 heavy (non-hydrogen) atoms. The molecule has 0 spiro atoms. The Labute approximate surface area is 136 Å². The van der Waals surface area contributed by atoms with E-state index in [2.05, 4.69) is 23.6 Å². The summed E-state index contributed by atoms with van der Waals surface area (Å²) in [5, 5.41) is 6.94. The van der Waals surface area contributed by atoms with E-state index in [0.29, 0.717) is 19.5 Å². The Morgan fingerprint density at radius 3 is 2.50 bits per heavy atom. The van der Waals surface area contributed by atoms with E-state index < -0.39 is 0 Å². The third-order valence-corrected chi connectivity index (χ3v) is 3.76. The first-order valence-electron chi connectivity index (χ1n) is 7.41. The molecule has 116 valence electrons. The topological polar surface area (TPSA) is 41.1 Å². The number of nitrogens with one attached hydrogen (secondary N) is 2. The SMILES string of the molecule is Cc1ccccc1CNC(=O)CCNCc1ccc(Cl)cc1. The molecule has 2 aromatic carbocycles. The van der Waals surface area contributed by atoms with Gasteiger partial charge in [-0.2, -0.15) is 0 Å². The van der Waals surface area contributed by atoms with Gasteiger partial charge in [-0.1, -0.05) is 48.0 Å². The van der Waals surface area contributed by atoms with Crippen LogP contribution in [0.1, 0.15) is 23.1 Å². The van der Waals surface area contributed by atoms with Crippen molar-refractivity contribution in [2.45, 2.75) is 26.4 Å². The average molecular weight is 317 g/mol. The van der Waals surface area contributed by atoms with Crippen LogP contribution in [0.3, 0.4) is 0 Å². The lowest BCUT2D eigenvalue weighted by Gasteiger charge is -2.08. The van der Waals surface area contributed by atoms with E-state index >= 15 is 0 Å². The summed E-state index contributed by atoms with van der Waals surface area (Å²) in [6, 6.07) is 15.8. The number of hydrogen-bond acceptors (Lipinski definition) is 2. The van der Waals surface area contributed by atoms with Gasteiger partial charge < -0.3 is 10.6 Å². The van der Waals surface area contributed by atoms with Crippen LogP contribution in [-0.2, 0) is 17.9 Å². The van der Waals surface area contributed by atoms with Crippen molar-refractivity contribution in [3.8, 4) is 0 Å². The molecule has 3 nitrogen and oxygen atoms in total. The van der Waals surface area contributed by atoms with Crippen LogP contribution in [0, 0.1) is 6.92 Å². The van der Waals surface area contributed by atoms with E-state index in [9.17, 15) is 4.79 Å². The van der Waals surface area contributed by atoms with Crippen molar-refractivity contribution >= 4 is 17.5 Å². The number of aryl methyl sites for hydroxylation is 1.